The predicted octanol–water partition coefficient (Wildman–Crippen LogP) is 1.83. The van der Waals surface area contributed by atoms with Gasteiger partial charge in [-0.1, -0.05) is 0 Å². The molecule has 1 aromatic heterocycles. The molecular formula is C12H10N2O2. The summed E-state index contributed by atoms with van der Waals surface area (Å²) in [6.45, 7) is 1.48. The van der Waals surface area contributed by atoms with Gasteiger partial charge < -0.3 is 0 Å². The van der Waals surface area contributed by atoms with Gasteiger partial charge in [-0.25, -0.2) is 4.68 Å². The van der Waals surface area contributed by atoms with E-state index in [1.54, 1.807) is 18.3 Å². The van der Waals surface area contributed by atoms with Crippen molar-refractivity contribution < 1.29 is 9.59 Å². The van der Waals surface area contributed by atoms with Gasteiger partial charge in [0.2, 0.25) is 5.91 Å². The molecule has 3 rings (SSSR count). The summed E-state index contributed by atoms with van der Waals surface area (Å²) >= 11 is 0. The van der Waals surface area contributed by atoms with Crippen molar-refractivity contribution in [3.05, 3.63) is 29.5 Å². The second-order valence-corrected chi connectivity index (χ2v) is 4.02. The number of nitrogens with zero attached hydrogens (tertiary/aromatic N) is 2. The molecule has 1 heterocycles. The summed E-state index contributed by atoms with van der Waals surface area (Å²) in [7, 11) is 0. The summed E-state index contributed by atoms with van der Waals surface area (Å²) in [5.41, 5.74) is 2.62. The fourth-order valence-corrected chi connectivity index (χ4v) is 2.31. The fraction of sp³-hybridized carbons (Fsp3) is 0.250. The molecule has 4 heteroatoms. The standard InChI is InChI=1S/C12H10N2O2/c1-7(15)14-11-4-2-9-8(3-5-12(9)16)10(11)6-13-14/h2,4,6H,3,5H2,1H3. The molecule has 1 aliphatic rings. The lowest BCUT2D eigenvalue weighted by atomic mass is 10.1. The first-order valence-corrected chi connectivity index (χ1v) is 5.22. The van der Waals surface area contributed by atoms with Crippen LogP contribution >= 0.6 is 0 Å². The van der Waals surface area contributed by atoms with Crippen molar-refractivity contribution >= 4 is 22.6 Å². The zero-order valence-electron chi connectivity index (χ0n) is 8.86. The van der Waals surface area contributed by atoms with Crippen molar-refractivity contribution in [2.45, 2.75) is 19.8 Å². The molecule has 0 unspecified atom stereocenters. The van der Waals surface area contributed by atoms with Gasteiger partial charge in [0.15, 0.2) is 5.78 Å². The van der Waals surface area contributed by atoms with Crippen LogP contribution in [0.15, 0.2) is 18.3 Å². The van der Waals surface area contributed by atoms with Crippen LogP contribution in [0.2, 0.25) is 0 Å². The van der Waals surface area contributed by atoms with E-state index in [9.17, 15) is 9.59 Å². The Labute approximate surface area is 91.9 Å². The monoisotopic (exact) mass is 214 g/mol. The van der Waals surface area contributed by atoms with E-state index < -0.39 is 0 Å². The van der Waals surface area contributed by atoms with E-state index in [4.69, 9.17) is 0 Å². The third-order valence-corrected chi connectivity index (χ3v) is 3.07. The van der Waals surface area contributed by atoms with Gasteiger partial charge in [-0.05, 0) is 24.1 Å². The van der Waals surface area contributed by atoms with E-state index >= 15 is 0 Å². The van der Waals surface area contributed by atoms with Crippen LogP contribution in [-0.4, -0.2) is 21.5 Å². The summed E-state index contributed by atoms with van der Waals surface area (Å²) in [6, 6.07) is 3.60. The smallest absolute Gasteiger partial charge is 0.244 e. The SMILES string of the molecule is CC(=O)n1ncc2c3c(ccc21)C(=O)CC3. The number of hydrogen-bond donors (Lipinski definition) is 0. The summed E-state index contributed by atoms with van der Waals surface area (Å²) in [5, 5.41) is 4.98. The largest absolute Gasteiger partial charge is 0.294 e. The van der Waals surface area contributed by atoms with Crippen molar-refractivity contribution in [1.82, 2.24) is 9.78 Å². The average molecular weight is 214 g/mol. The molecule has 2 aromatic rings. The quantitative estimate of drug-likeness (QED) is 0.672. The zero-order valence-corrected chi connectivity index (χ0v) is 8.86. The molecule has 0 saturated carbocycles. The number of carbonyl (C=O) groups is 2. The molecule has 1 aliphatic carbocycles. The highest BCUT2D eigenvalue weighted by Crippen LogP contribution is 2.29. The van der Waals surface area contributed by atoms with Crippen molar-refractivity contribution in [2.24, 2.45) is 0 Å². The molecule has 0 amide bonds. The van der Waals surface area contributed by atoms with Crippen LogP contribution < -0.4 is 0 Å². The lowest BCUT2D eigenvalue weighted by Crippen LogP contribution is -2.06. The molecule has 16 heavy (non-hydrogen) atoms. The van der Waals surface area contributed by atoms with Gasteiger partial charge in [0.1, 0.15) is 0 Å². The van der Waals surface area contributed by atoms with E-state index in [0.717, 1.165) is 28.5 Å². The lowest BCUT2D eigenvalue weighted by molar-refractivity contribution is 0.0926. The van der Waals surface area contributed by atoms with Gasteiger partial charge in [-0.3, -0.25) is 9.59 Å². The minimum atomic E-state index is -0.112. The molecular weight excluding hydrogens is 204 g/mol. The normalized spacial score (nSPS) is 14.4. The van der Waals surface area contributed by atoms with Crippen LogP contribution in [0.25, 0.3) is 10.9 Å². The summed E-state index contributed by atoms with van der Waals surface area (Å²) in [6.07, 6.45) is 3.00. The Morgan fingerprint density at radius 3 is 2.94 bits per heavy atom. The summed E-state index contributed by atoms with van der Waals surface area (Å²) < 4.78 is 1.37. The molecule has 0 spiro atoms. The third-order valence-electron chi connectivity index (χ3n) is 3.07. The predicted molar refractivity (Wildman–Crippen MR) is 58.7 cm³/mol. The number of benzene rings is 1. The summed E-state index contributed by atoms with van der Waals surface area (Å²) in [4.78, 5) is 22.9. The molecule has 0 saturated heterocycles. The first-order valence-electron chi connectivity index (χ1n) is 5.22. The number of Topliss-reactive ketones (excluding diaryl/α,β-unsaturated/α-hetero) is 1. The number of ketones is 1. The Morgan fingerprint density at radius 2 is 2.19 bits per heavy atom. The molecule has 0 N–H and O–H groups in total. The maximum absolute atomic E-state index is 11.6. The second-order valence-electron chi connectivity index (χ2n) is 4.02. The Kier molecular flexibility index (Phi) is 1.74. The van der Waals surface area contributed by atoms with Crippen LogP contribution in [0.5, 0.6) is 0 Å². The van der Waals surface area contributed by atoms with Crippen molar-refractivity contribution in [3.8, 4) is 0 Å². The van der Waals surface area contributed by atoms with Crippen LogP contribution in [0.4, 0.5) is 0 Å². The van der Waals surface area contributed by atoms with Crippen molar-refractivity contribution in [2.75, 3.05) is 0 Å². The molecule has 80 valence electrons. The minimum Gasteiger partial charge on any atom is -0.294 e. The highest BCUT2D eigenvalue weighted by molar-refractivity contribution is 6.06. The van der Waals surface area contributed by atoms with Crippen LogP contribution in [0.3, 0.4) is 0 Å². The second kappa shape index (κ2) is 3.01. The average Bonchev–Trinajstić information content (AvgIpc) is 2.81. The highest BCUT2D eigenvalue weighted by Gasteiger charge is 2.23. The van der Waals surface area contributed by atoms with Gasteiger partial charge in [-0.15, -0.1) is 0 Å². The summed E-state index contributed by atoms with van der Waals surface area (Å²) in [5.74, 6) is 0.0757. The molecule has 1 aromatic carbocycles. The Balaban J connectivity index is 2.36. The van der Waals surface area contributed by atoms with Gasteiger partial charge in [0, 0.05) is 24.3 Å². The van der Waals surface area contributed by atoms with Crippen LogP contribution in [0, 0.1) is 0 Å². The van der Waals surface area contributed by atoms with E-state index in [1.165, 1.54) is 11.6 Å². The van der Waals surface area contributed by atoms with Gasteiger partial charge in [0.25, 0.3) is 0 Å². The van der Waals surface area contributed by atoms with E-state index in [1.807, 2.05) is 0 Å². The van der Waals surface area contributed by atoms with Crippen molar-refractivity contribution in [3.63, 3.8) is 0 Å². The zero-order chi connectivity index (χ0) is 11.3. The number of aryl methyl sites for hydroxylation is 1. The van der Waals surface area contributed by atoms with E-state index in [2.05, 4.69) is 5.10 Å². The maximum atomic E-state index is 11.6. The van der Waals surface area contributed by atoms with Gasteiger partial charge in [0.05, 0.1) is 11.7 Å². The Hall–Kier alpha value is -1.97. The minimum absolute atomic E-state index is 0.112. The molecule has 0 bridgehead atoms. The third kappa shape index (κ3) is 1.07. The first-order chi connectivity index (χ1) is 7.68. The van der Waals surface area contributed by atoms with Crippen molar-refractivity contribution in [1.29, 1.82) is 0 Å². The molecule has 0 fully saturated rings. The molecule has 0 aliphatic heterocycles. The topological polar surface area (TPSA) is 52.0 Å². The van der Waals surface area contributed by atoms with E-state index in [0.29, 0.717) is 6.42 Å². The Bertz CT molecular complexity index is 625. The van der Waals surface area contributed by atoms with Gasteiger partial charge in [-0.2, -0.15) is 5.10 Å². The molecule has 0 atom stereocenters. The van der Waals surface area contributed by atoms with Crippen LogP contribution in [0.1, 0.15) is 34.1 Å². The maximum Gasteiger partial charge on any atom is 0.244 e. The van der Waals surface area contributed by atoms with E-state index in [-0.39, 0.29) is 11.7 Å². The number of aromatic nitrogens is 2. The van der Waals surface area contributed by atoms with Crippen LogP contribution in [-0.2, 0) is 6.42 Å². The molecule has 4 nitrogen and oxygen atoms in total. The number of hydrogen-bond acceptors (Lipinski definition) is 3. The van der Waals surface area contributed by atoms with Gasteiger partial charge >= 0.3 is 0 Å². The fourth-order valence-electron chi connectivity index (χ4n) is 2.31. The number of rotatable bonds is 0. The molecule has 0 radical (unpaired) electrons. The first kappa shape index (κ1) is 9.27. The highest BCUT2D eigenvalue weighted by atomic mass is 16.2. The number of fused-ring (bicyclic) bond motifs is 3. The lowest BCUT2D eigenvalue weighted by Gasteiger charge is -2.00. The Morgan fingerprint density at radius 1 is 1.38 bits per heavy atom. The number of carbonyl (C=O) groups excluding carboxylic acids is 2.